The van der Waals surface area contributed by atoms with Crippen molar-refractivity contribution in [2.45, 2.75) is 37.5 Å². The minimum Gasteiger partial charge on any atom is -0.378 e. The van der Waals surface area contributed by atoms with E-state index in [1.165, 1.54) is 12.8 Å². The largest absolute Gasteiger partial charge is 0.378 e. The number of nitrogens with one attached hydrogen (secondary N) is 1. The van der Waals surface area contributed by atoms with E-state index in [0.717, 1.165) is 38.4 Å². The molecule has 0 radical (unpaired) electrons. The standard InChI is InChI=1S/C13H24N2O2S.ClH/c1-2-18-11-5-3-4-7-15(9-11)13(16)12-10-17-8-6-14-12;/h11-12,14H,2-10H2,1H3;1H. The highest BCUT2D eigenvalue weighted by molar-refractivity contribution is 7.99. The van der Waals surface area contributed by atoms with E-state index in [9.17, 15) is 4.79 Å². The van der Waals surface area contributed by atoms with Gasteiger partial charge in [-0.3, -0.25) is 4.79 Å². The van der Waals surface area contributed by atoms with E-state index in [0.29, 0.717) is 11.9 Å². The summed E-state index contributed by atoms with van der Waals surface area (Å²) in [5.41, 5.74) is 0. The summed E-state index contributed by atoms with van der Waals surface area (Å²) < 4.78 is 5.38. The second kappa shape index (κ2) is 9.06. The van der Waals surface area contributed by atoms with Gasteiger partial charge in [-0.1, -0.05) is 13.3 Å². The van der Waals surface area contributed by atoms with Gasteiger partial charge in [0.2, 0.25) is 5.91 Å². The number of rotatable bonds is 3. The average Bonchev–Trinajstić information content (AvgIpc) is 2.65. The van der Waals surface area contributed by atoms with Crippen LogP contribution in [-0.4, -0.2) is 60.7 Å². The molecule has 2 saturated heterocycles. The second-order valence-corrected chi connectivity index (χ2v) is 6.52. The van der Waals surface area contributed by atoms with Crippen LogP contribution in [0.3, 0.4) is 0 Å². The van der Waals surface area contributed by atoms with Gasteiger partial charge in [-0.2, -0.15) is 11.8 Å². The maximum atomic E-state index is 12.4. The van der Waals surface area contributed by atoms with E-state index < -0.39 is 0 Å². The molecule has 0 aromatic heterocycles. The van der Waals surface area contributed by atoms with Crippen molar-refractivity contribution in [3.63, 3.8) is 0 Å². The van der Waals surface area contributed by atoms with Gasteiger partial charge in [0.1, 0.15) is 6.04 Å². The molecule has 0 spiro atoms. The van der Waals surface area contributed by atoms with Gasteiger partial charge in [-0.15, -0.1) is 12.4 Å². The molecule has 1 amide bonds. The van der Waals surface area contributed by atoms with Crippen molar-refractivity contribution in [3.8, 4) is 0 Å². The van der Waals surface area contributed by atoms with Gasteiger partial charge in [-0.05, 0) is 18.6 Å². The van der Waals surface area contributed by atoms with E-state index in [1.54, 1.807) is 0 Å². The monoisotopic (exact) mass is 308 g/mol. The Hall–Kier alpha value is 0.0300. The third-order valence-corrected chi connectivity index (χ3v) is 4.75. The van der Waals surface area contributed by atoms with E-state index >= 15 is 0 Å². The molecule has 2 fully saturated rings. The Kier molecular flexibility index (Phi) is 8.14. The average molecular weight is 309 g/mol. The Morgan fingerprint density at radius 1 is 1.47 bits per heavy atom. The number of morpholine rings is 1. The maximum Gasteiger partial charge on any atom is 0.242 e. The topological polar surface area (TPSA) is 41.6 Å². The van der Waals surface area contributed by atoms with Crippen molar-refractivity contribution in [1.82, 2.24) is 10.2 Å². The Bertz CT molecular complexity index is 275. The van der Waals surface area contributed by atoms with Crippen molar-refractivity contribution >= 4 is 30.1 Å². The third kappa shape index (κ3) is 5.14. The highest BCUT2D eigenvalue weighted by atomic mass is 35.5. The highest BCUT2D eigenvalue weighted by Gasteiger charge is 2.28. The minimum atomic E-state index is -0.121. The Morgan fingerprint density at radius 3 is 3.00 bits per heavy atom. The molecule has 2 unspecified atom stereocenters. The quantitative estimate of drug-likeness (QED) is 0.858. The predicted molar refractivity (Wildman–Crippen MR) is 82.2 cm³/mol. The third-order valence-electron chi connectivity index (χ3n) is 3.56. The lowest BCUT2D eigenvalue weighted by atomic mass is 10.2. The first kappa shape index (κ1) is 17.1. The van der Waals surface area contributed by atoms with E-state index in [2.05, 4.69) is 12.2 Å². The molecule has 0 bridgehead atoms. The van der Waals surface area contributed by atoms with Crippen molar-refractivity contribution < 1.29 is 9.53 Å². The zero-order chi connectivity index (χ0) is 12.8. The first-order valence-corrected chi connectivity index (χ1v) is 8.07. The van der Waals surface area contributed by atoms with Crippen LogP contribution in [0.1, 0.15) is 26.2 Å². The van der Waals surface area contributed by atoms with Gasteiger partial charge in [0.15, 0.2) is 0 Å². The zero-order valence-electron chi connectivity index (χ0n) is 11.6. The number of thioether (sulfide) groups is 1. The molecule has 112 valence electrons. The summed E-state index contributed by atoms with van der Waals surface area (Å²) in [6, 6.07) is -0.121. The summed E-state index contributed by atoms with van der Waals surface area (Å²) >= 11 is 1.99. The lowest BCUT2D eigenvalue weighted by Crippen LogP contribution is -2.53. The molecular formula is C13H25ClN2O2S. The van der Waals surface area contributed by atoms with Crippen LogP contribution in [0.4, 0.5) is 0 Å². The van der Waals surface area contributed by atoms with Gasteiger partial charge in [-0.25, -0.2) is 0 Å². The van der Waals surface area contributed by atoms with Crippen LogP contribution >= 0.6 is 24.2 Å². The lowest BCUT2D eigenvalue weighted by Gasteiger charge is -2.30. The normalized spacial score (nSPS) is 28.4. The zero-order valence-corrected chi connectivity index (χ0v) is 13.2. The number of amides is 1. The first-order chi connectivity index (χ1) is 8.81. The van der Waals surface area contributed by atoms with Crippen LogP contribution in [-0.2, 0) is 9.53 Å². The number of halogens is 1. The maximum absolute atomic E-state index is 12.4. The summed E-state index contributed by atoms with van der Waals surface area (Å²) in [4.78, 5) is 14.5. The van der Waals surface area contributed by atoms with Gasteiger partial charge >= 0.3 is 0 Å². The van der Waals surface area contributed by atoms with Gasteiger partial charge in [0, 0.05) is 24.9 Å². The number of carbonyl (C=O) groups excluding carboxylic acids is 1. The van der Waals surface area contributed by atoms with Crippen LogP contribution in [0.2, 0.25) is 0 Å². The molecule has 0 aromatic carbocycles. The van der Waals surface area contributed by atoms with Gasteiger partial charge in [0.25, 0.3) is 0 Å². The number of ether oxygens (including phenoxy) is 1. The molecule has 1 N–H and O–H groups in total. The molecule has 6 heteroatoms. The SMILES string of the molecule is CCSC1CCCCN(C(=O)C2COCCN2)C1.Cl. The molecule has 2 aliphatic heterocycles. The number of likely N-dealkylation sites (tertiary alicyclic amines) is 1. The molecule has 2 rings (SSSR count). The molecule has 2 heterocycles. The fraction of sp³-hybridized carbons (Fsp3) is 0.923. The van der Waals surface area contributed by atoms with E-state index in [-0.39, 0.29) is 24.4 Å². The molecule has 4 nitrogen and oxygen atoms in total. The Morgan fingerprint density at radius 2 is 2.32 bits per heavy atom. The molecule has 19 heavy (non-hydrogen) atoms. The molecule has 0 saturated carbocycles. The predicted octanol–water partition coefficient (Wildman–Crippen LogP) is 1.53. The summed E-state index contributed by atoms with van der Waals surface area (Å²) in [7, 11) is 0. The van der Waals surface area contributed by atoms with E-state index in [4.69, 9.17) is 4.74 Å². The van der Waals surface area contributed by atoms with Crippen LogP contribution in [0.25, 0.3) is 0 Å². The van der Waals surface area contributed by atoms with E-state index in [1.807, 2.05) is 16.7 Å². The molecule has 2 aliphatic rings. The van der Waals surface area contributed by atoms with Gasteiger partial charge < -0.3 is 15.0 Å². The van der Waals surface area contributed by atoms with Crippen molar-refractivity contribution in [2.24, 2.45) is 0 Å². The van der Waals surface area contributed by atoms with Crippen molar-refractivity contribution in [3.05, 3.63) is 0 Å². The summed E-state index contributed by atoms with van der Waals surface area (Å²) in [6.45, 7) is 6.06. The Labute approximate surface area is 126 Å². The smallest absolute Gasteiger partial charge is 0.242 e. The van der Waals surface area contributed by atoms with Crippen LogP contribution in [0.15, 0.2) is 0 Å². The summed E-state index contributed by atoms with van der Waals surface area (Å²) in [5, 5.41) is 3.88. The molecule has 0 aliphatic carbocycles. The molecular weight excluding hydrogens is 284 g/mol. The van der Waals surface area contributed by atoms with Crippen molar-refractivity contribution in [1.29, 1.82) is 0 Å². The number of hydrogen-bond acceptors (Lipinski definition) is 4. The summed E-state index contributed by atoms with van der Waals surface area (Å²) in [6.07, 6.45) is 3.63. The van der Waals surface area contributed by atoms with Crippen LogP contribution in [0.5, 0.6) is 0 Å². The highest BCUT2D eigenvalue weighted by Crippen LogP contribution is 2.22. The molecule has 0 aromatic rings. The van der Waals surface area contributed by atoms with Crippen LogP contribution in [0, 0.1) is 0 Å². The molecule has 2 atom stereocenters. The fourth-order valence-electron chi connectivity index (χ4n) is 2.62. The number of carbonyl (C=O) groups is 1. The number of nitrogens with zero attached hydrogens (tertiary/aromatic N) is 1. The summed E-state index contributed by atoms with van der Waals surface area (Å²) in [5.74, 6) is 1.37. The number of hydrogen-bond donors (Lipinski definition) is 1. The lowest BCUT2D eigenvalue weighted by molar-refractivity contribution is -0.136. The second-order valence-electron chi connectivity index (χ2n) is 4.94. The van der Waals surface area contributed by atoms with Crippen LogP contribution < -0.4 is 5.32 Å². The van der Waals surface area contributed by atoms with Crippen molar-refractivity contribution in [2.75, 3.05) is 38.6 Å². The fourth-order valence-corrected chi connectivity index (χ4v) is 3.71. The first-order valence-electron chi connectivity index (χ1n) is 7.02. The van der Waals surface area contributed by atoms with Gasteiger partial charge in [0.05, 0.1) is 13.2 Å². The minimum absolute atomic E-state index is 0. The Balaban J connectivity index is 0.00000180.